The van der Waals surface area contributed by atoms with Gasteiger partial charge < -0.3 is 15.8 Å². The number of nitrogen functional groups attached to an aromatic ring is 1. The van der Waals surface area contributed by atoms with Crippen molar-refractivity contribution in [3.63, 3.8) is 0 Å². The van der Waals surface area contributed by atoms with Gasteiger partial charge in [-0.15, -0.1) is 12.4 Å². The number of rotatable bonds is 5. The molecule has 0 heterocycles. The topological polar surface area (TPSA) is 64.3 Å². The molecule has 0 aliphatic rings. The summed E-state index contributed by atoms with van der Waals surface area (Å²) in [6, 6.07) is 12.5. The van der Waals surface area contributed by atoms with E-state index < -0.39 is 0 Å². The molecular formula is C16H18Cl2N2O2. The standard InChI is InChI=1S/C16H17ClN2O2.ClH/c1-21-15-7-4-12(17)10-14(15)16(20)19-9-8-11-2-5-13(18)6-3-11;/h2-7,10H,8-9,18H2,1H3,(H,19,20);1H. The molecule has 0 fully saturated rings. The highest BCUT2D eigenvalue weighted by atomic mass is 35.5. The van der Waals surface area contributed by atoms with Crippen molar-refractivity contribution in [2.45, 2.75) is 6.42 Å². The lowest BCUT2D eigenvalue weighted by atomic mass is 10.1. The third kappa shape index (κ3) is 4.83. The molecule has 0 aliphatic heterocycles. The Morgan fingerprint density at radius 1 is 1.23 bits per heavy atom. The second-order valence-electron chi connectivity index (χ2n) is 4.59. The number of nitrogens with one attached hydrogen (secondary N) is 1. The molecule has 1 amide bonds. The Labute approximate surface area is 141 Å². The number of nitrogens with two attached hydrogens (primary N) is 1. The molecule has 0 spiro atoms. The summed E-state index contributed by atoms with van der Waals surface area (Å²) in [6.45, 7) is 0.526. The highest BCUT2D eigenvalue weighted by molar-refractivity contribution is 6.31. The van der Waals surface area contributed by atoms with Gasteiger partial charge in [-0.1, -0.05) is 23.7 Å². The number of amides is 1. The summed E-state index contributed by atoms with van der Waals surface area (Å²) in [5, 5.41) is 3.35. The van der Waals surface area contributed by atoms with Crippen molar-refractivity contribution in [1.29, 1.82) is 0 Å². The smallest absolute Gasteiger partial charge is 0.255 e. The molecule has 0 radical (unpaired) electrons. The number of benzene rings is 2. The van der Waals surface area contributed by atoms with Gasteiger partial charge in [0.25, 0.3) is 5.91 Å². The first-order valence-corrected chi connectivity index (χ1v) is 6.94. The molecule has 0 atom stereocenters. The van der Waals surface area contributed by atoms with E-state index in [1.807, 2.05) is 24.3 Å². The van der Waals surface area contributed by atoms with E-state index in [4.69, 9.17) is 22.1 Å². The number of halogens is 2. The Morgan fingerprint density at radius 3 is 2.55 bits per heavy atom. The number of anilines is 1. The molecule has 0 aromatic heterocycles. The fourth-order valence-corrected chi connectivity index (χ4v) is 2.13. The highest BCUT2D eigenvalue weighted by Crippen LogP contribution is 2.22. The van der Waals surface area contributed by atoms with Gasteiger partial charge in [0.2, 0.25) is 0 Å². The molecule has 0 bridgehead atoms. The minimum absolute atomic E-state index is 0. The molecule has 0 saturated heterocycles. The Bertz CT molecular complexity index is 631. The average Bonchev–Trinajstić information content (AvgIpc) is 2.49. The Hall–Kier alpha value is -1.91. The van der Waals surface area contributed by atoms with Gasteiger partial charge in [0.1, 0.15) is 5.75 Å². The maximum Gasteiger partial charge on any atom is 0.255 e. The van der Waals surface area contributed by atoms with Crippen LogP contribution in [-0.2, 0) is 6.42 Å². The van der Waals surface area contributed by atoms with Gasteiger partial charge in [-0.3, -0.25) is 4.79 Å². The van der Waals surface area contributed by atoms with Crippen LogP contribution in [0.15, 0.2) is 42.5 Å². The van der Waals surface area contributed by atoms with Gasteiger partial charge >= 0.3 is 0 Å². The van der Waals surface area contributed by atoms with Crippen LogP contribution in [0.1, 0.15) is 15.9 Å². The summed E-state index contributed by atoms with van der Waals surface area (Å²) in [6.07, 6.45) is 0.731. The van der Waals surface area contributed by atoms with Crippen LogP contribution in [0.3, 0.4) is 0 Å². The lowest BCUT2D eigenvalue weighted by molar-refractivity contribution is 0.0951. The maximum atomic E-state index is 12.2. The quantitative estimate of drug-likeness (QED) is 0.820. The zero-order valence-corrected chi connectivity index (χ0v) is 13.7. The van der Waals surface area contributed by atoms with Crippen LogP contribution in [0.25, 0.3) is 0 Å². The van der Waals surface area contributed by atoms with Crippen molar-refractivity contribution >= 4 is 35.6 Å². The molecule has 4 nitrogen and oxygen atoms in total. The SMILES string of the molecule is COc1ccc(Cl)cc1C(=O)NCCc1ccc(N)cc1.Cl. The fraction of sp³-hybridized carbons (Fsp3) is 0.188. The fourth-order valence-electron chi connectivity index (χ4n) is 1.96. The third-order valence-electron chi connectivity index (χ3n) is 3.09. The van der Waals surface area contributed by atoms with Crippen molar-refractivity contribution < 1.29 is 9.53 Å². The average molecular weight is 341 g/mol. The molecule has 0 unspecified atom stereocenters. The molecule has 3 N–H and O–H groups in total. The van der Waals surface area contributed by atoms with Crippen molar-refractivity contribution in [2.24, 2.45) is 0 Å². The molecule has 2 aromatic rings. The molecule has 2 rings (SSSR count). The van der Waals surface area contributed by atoms with E-state index in [0.717, 1.165) is 17.7 Å². The van der Waals surface area contributed by atoms with Crippen LogP contribution >= 0.6 is 24.0 Å². The summed E-state index contributed by atoms with van der Waals surface area (Å²) in [4.78, 5) is 12.2. The van der Waals surface area contributed by atoms with Gasteiger partial charge in [-0.05, 0) is 42.3 Å². The number of hydrogen-bond donors (Lipinski definition) is 2. The van der Waals surface area contributed by atoms with Gasteiger partial charge in [-0.25, -0.2) is 0 Å². The third-order valence-corrected chi connectivity index (χ3v) is 3.32. The number of hydrogen-bond acceptors (Lipinski definition) is 3. The van der Waals surface area contributed by atoms with Crippen LogP contribution in [0.2, 0.25) is 5.02 Å². The molecular weight excluding hydrogens is 323 g/mol. The normalized spacial score (nSPS) is 9.73. The van der Waals surface area contributed by atoms with Crippen LogP contribution in [0.5, 0.6) is 5.75 Å². The Kier molecular flexibility index (Phi) is 7.02. The minimum Gasteiger partial charge on any atom is -0.496 e. The van der Waals surface area contributed by atoms with Gasteiger partial charge in [0.05, 0.1) is 12.7 Å². The maximum absolute atomic E-state index is 12.2. The van der Waals surface area contributed by atoms with Crippen LogP contribution in [-0.4, -0.2) is 19.6 Å². The zero-order chi connectivity index (χ0) is 15.2. The molecule has 6 heteroatoms. The second kappa shape index (κ2) is 8.51. The lowest BCUT2D eigenvalue weighted by Gasteiger charge is -2.10. The number of methoxy groups -OCH3 is 1. The van der Waals surface area contributed by atoms with Crippen LogP contribution < -0.4 is 15.8 Å². The summed E-state index contributed by atoms with van der Waals surface area (Å²) in [7, 11) is 1.52. The first-order chi connectivity index (χ1) is 10.1. The summed E-state index contributed by atoms with van der Waals surface area (Å²) < 4.78 is 5.17. The molecule has 0 saturated carbocycles. The van der Waals surface area contributed by atoms with E-state index in [2.05, 4.69) is 5.32 Å². The predicted molar refractivity (Wildman–Crippen MR) is 92.1 cm³/mol. The first kappa shape index (κ1) is 18.1. The minimum atomic E-state index is -0.204. The molecule has 22 heavy (non-hydrogen) atoms. The highest BCUT2D eigenvalue weighted by Gasteiger charge is 2.12. The van der Waals surface area contributed by atoms with Crippen molar-refractivity contribution in [2.75, 3.05) is 19.4 Å². The Balaban J connectivity index is 0.00000242. The monoisotopic (exact) mass is 340 g/mol. The van der Waals surface area contributed by atoms with E-state index in [1.165, 1.54) is 7.11 Å². The largest absolute Gasteiger partial charge is 0.496 e. The van der Waals surface area contributed by atoms with E-state index in [9.17, 15) is 4.79 Å². The second-order valence-corrected chi connectivity index (χ2v) is 5.03. The lowest BCUT2D eigenvalue weighted by Crippen LogP contribution is -2.26. The van der Waals surface area contributed by atoms with Crippen LogP contribution in [0, 0.1) is 0 Å². The van der Waals surface area contributed by atoms with Gasteiger partial charge in [-0.2, -0.15) is 0 Å². The van der Waals surface area contributed by atoms with E-state index in [-0.39, 0.29) is 18.3 Å². The first-order valence-electron chi connectivity index (χ1n) is 6.56. The molecule has 118 valence electrons. The number of ether oxygens (including phenoxy) is 1. The van der Waals surface area contributed by atoms with E-state index >= 15 is 0 Å². The summed E-state index contributed by atoms with van der Waals surface area (Å²) >= 11 is 5.92. The molecule has 2 aromatic carbocycles. The number of carbonyl (C=O) groups is 1. The van der Waals surface area contributed by atoms with Crippen LogP contribution in [0.4, 0.5) is 5.69 Å². The molecule has 0 aliphatic carbocycles. The van der Waals surface area contributed by atoms with Gasteiger partial charge in [0, 0.05) is 17.3 Å². The van der Waals surface area contributed by atoms with Crippen molar-refractivity contribution in [1.82, 2.24) is 5.32 Å². The predicted octanol–water partition coefficient (Wildman–Crippen LogP) is 3.33. The van der Waals surface area contributed by atoms with Crippen molar-refractivity contribution in [3.05, 3.63) is 58.6 Å². The van der Waals surface area contributed by atoms with E-state index in [1.54, 1.807) is 18.2 Å². The van der Waals surface area contributed by atoms with Gasteiger partial charge in [0.15, 0.2) is 0 Å². The summed E-state index contributed by atoms with van der Waals surface area (Å²) in [5.74, 6) is 0.300. The number of carbonyl (C=O) groups excluding carboxylic acids is 1. The van der Waals surface area contributed by atoms with E-state index in [0.29, 0.717) is 22.9 Å². The van der Waals surface area contributed by atoms with Crippen molar-refractivity contribution in [3.8, 4) is 5.75 Å². The summed E-state index contributed by atoms with van der Waals surface area (Å²) in [5.41, 5.74) is 7.90. The zero-order valence-electron chi connectivity index (χ0n) is 12.1. The Morgan fingerprint density at radius 2 is 1.91 bits per heavy atom.